The first-order valence-electron chi connectivity index (χ1n) is 4.41. The second kappa shape index (κ2) is 4.89. The van der Waals surface area contributed by atoms with Crippen LogP contribution in [0, 0.1) is 0 Å². The van der Waals surface area contributed by atoms with Gasteiger partial charge in [0.25, 0.3) is 0 Å². The molecule has 2 rings (SSSR count). The van der Waals surface area contributed by atoms with E-state index in [0.717, 1.165) is 11.3 Å². The fourth-order valence-corrected chi connectivity index (χ4v) is 2.84. The second-order valence-corrected chi connectivity index (χ2v) is 5.80. The molecule has 0 radical (unpaired) electrons. The zero-order chi connectivity index (χ0) is 13.4. The van der Waals surface area contributed by atoms with Gasteiger partial charge >= 0.3 is 5.97 Å². The topological polar surface area (TPSA) is 89.1 Å². The van der Waals surface area contributed by atoms with Gasteiger partial charge in [0, 0.05) is 0 Å². The first-order valence-corrected chi connectivity index (χ1v) is 6.36. The average Bonchev–Trinajstić information content (AvgIpc) is 2.61. The van der Waals surface area contributed by atoms with Crippen LogP contribution >= 0.6 is 46.1 Å². The summed E-state index contributed by atoms with van der Waals surface area (Å²) in [5.74, 6) is -1.35. The lowest BCUT2D eigenvalue weighted by molar-refractivity contribution is 0.0690. The number of halogens is 3. The lowest BCUT2D eigenvalue weighted by atomic mass is 10.3. The van der Waals surface area contributed by atoms with Gasteiger partial charge in [0.05, 0.1) is 9.90 Å². The van der Waals surface area contributed by atoms with E-state index < -0.39 is 5.97 Å². The maximum Gasteiger partial charge on any atom is 0.356 e. The minimum absolute atomic E-state index is 0.0717. The van der Waals surface area contributed by atoms with E-state index in [0.29, 0.717) is 14.2 Å². The number of carboxylic acids is 1. The Labute approximate surface area is 120 Å². The molecule has 0 aromatic carbocycles. The van der Waals surface area contributed by atoms with Gasteiger partial charge < -0.3 is 10.8 Å². The van der Waals surface area contributed by atoms with Crippen LogP contribution in [0.4, 0.5) is 5.82 Å². The molecule has 18 heavy (non-hydrogen) atoms. The molecule has 2 aromatic heterocycles. The number of nitrogens with two attached hydrogens (primary N) is 1. The van der Waals surface area contributed by atoms with Crippen molar-refractivity contribution < 1.29 is 9.90 Å². The van der Waals surface area contributed by atoms with Gasteiger partial charge in [-0.15, -0.1) is 11.3 Å². The number of hydrogen-bond acceptors (Lipinski definition) is 5. The maximum absolute atomic E-state index is 11.0. The van der Waals surface area contributed by atoms with E-state index in [-0.39, 0.29) is 22.4 Å². The molecule has 0 spiro atoms. The molecule has 2 aromatic rings. The SMILES string of the molecule is Nc1nc(-c2cc(Cl)sc2Cl)nc(C(=O)O)c1Cl. The van der Waals surface area contributed by atoms with Gasteiger partial charge in [0.2, 0.25) is 0 Å². The van der Waals surface area contributed by atoms with Crippen molar-refractivity contribution in [3.05, 3.63) is 25.5 Å². The van der Waals surface area contributed by atoms with Crippen molar-refractivity contribution in [3.63, 3.8) is 0 Å². The highest BCUT2D eigenvalue weighted by Gasteiger charge is 2.19. The van der Waals surface area contributed by atoms with E-state index in [1.54, 1.807) is 0 Å². The minimum atomic E-state index is -1.30. The van der Waals surface area contributed by atoms with E-state index in [1.807, 2.05) is 0 Å². The third kappa shape index (κ3) is 2.37. The fraction of sp³-hybridized carbons (Fsp3) is 0. The number of nitrogens with zero attached hydrogens (tertiary/aromatic N) is 2. The number of hydrogen-bond donors (Lipinski definition) is 2. The zero-order valence-corrected chi connectivity index (χ0v) is 11.5. The number of nitrogen functional groups attached to an aromatic ring is 1. The minimum Gasteiger partial charge on any atom is -0.476 e. The fourth-order valence-electron chi connectivity index (χ4n) is 1.22. The van der Waals surface area contributed by atoms with E-state index in [9.17, 15) is 4.79 Å². The van der Waals surface area contributed by atoms with Gasteiger partial charge in [-0.2, -0.15) is 0 Å². The van der Waals surface area contributed by atoms with Crippen LogP contribution in [0.15, 0.2) is 6.07 Å². The molecule has 0 aliphatic heterocycles. The van der Waals surface area contributed by atoms with Gasteiger partial charge in [0.15, 0.2) is 11.5 Å². The summed E-state index contributed by atoms with van der Waals surface area (Å²) in [5.41, 5.74) is 5.57. The summed E-state index contributed by atoms with van der Waals surface area (Å²) in [6.07, 6.45) is 0. The first-order chi connectivity index (χ1) is 8.40. The molecule has 0 saturated heterocycles. The summed E-state index contributed by atoms with van der Waals surface area (Å²) in [6, 6.07) is 1.53. The summed E-state index contributed by atoms with van der Waals surface area (Å²) in [4.78, 5) is 18.7. The highest BCUT2D eigenvalue weighted by Crippen LogP contribution is 2.37. The van der Waals surface area contributed by atoms with Crippen LogP contribution in [0.25, 0.3) is 11.4 Å². The third-order valence-corrected chi connectivity index (χ3v) is 3.84. The molecule has 0 amide bonds. The van der Waals surface area contributed by atoms with Crippen molar-refractivity contribution in [2.45, 2.75) is 0 Å². The number of thiophene rings is 1. The number of carboxylic acid groups (broad SMARTS) is 1. The average molecular weight is 325 g/mol. The molecule has 0 unspecified atom stereocenters. The number of aromatic carboxylic acids is 1. The number of aromatic nitrogens is 2. The molecule has 3 N–H and O–H groups in total. The van der Waals surface area contributed by atoms with Crippen LogP contribution in [0.1, 0.15) is 10.5 Å². The second-order valence-electron chi connectivity index (χ2n) is 3.14. The maximum atomic E-state index is 11.0. The van der Waals surface area contributed by atoms with E-state index in [4.69, 9.17) is 45.6 Å². The van der Waals surface area contributed by atoms with Crippen molar-refractivity contribution >= 4 is 57.9 Å². The van der Waals surface area contributed by atoms with Gasteiger partial charge in [-0.05, 0) is 6.07 Å². The Balaban J connectivity index is 2.66. The molecular formula is C9H4Cl3N3O2S. The van der Waals surface area contributed by atoms with Crippen LogP contribution in [0.5, 0.6) is 0 Å². The van der Waals surface area contributed by atoms with E-state index in [1.165, 1.54) is 6.07 Å². The smallest absolute Gasteiger partial charge is 0.356 e. The van der Waals surface area contributed by atoms with Crippen LogP contribution < -0.4 is 5.73 Å². The largest absolute Gasteiger partial charge is 0.476 e. The van der Waals surface area contributed by atoms with Gasteiger partial charge in [-0.1, -0.05) is 34.8 Å². The van der Waals surface area contributed by atoms with Gasteiger partial charge in [0.1, 0.15) is 15.2 Å². The Morgan fingerprint density at radius 2 is 2.00 bits per heavy atom. The first kappa shape index (κ1) is 13.4. The number of carbonyl (C=O) groups is 1. The Hall–Kier alpha value is -1.08. The molecule has 9 heteroatoms. The molecule has 0 bridgehead atoms. The summed E-state index contributed by atoms with van der Waals surface area (Å²) in [5, 5.41) is 8.74. The molecule has 0 saturated carbocycles. The quantitative estimate of drug-likeness (QED) is 0.883. The number of anilines is 1. The van der Waals surface area contributed by atoms with Crippen molar-refractivity contribution in [2.75, 3.05) is 5.73 Å². The molecule has 0 aliphatic rings. The predicted octanol–water partition coefficient (Wildman–Crippen LogP) is 3.45. The Morgan fingerprint density at radius 3 is 2.50 bits per heavy atom. The lowest BCUT2D eigenvalue weighted by Crippen LogP contribution is -2.07. The van der Waals surface area contributed by atoms with Crippen molar-refractivity contribution in [2.24, 2.45) is 0 Å². The number of rotatable bonds is 2. The Kier molecular flexibility index (Phi) is 3.63. The summed E-state index contributed by atoms with van der Waals surface area (Å²) in [7, 11) is 0. The van der Waals surface area contributed by atoms with E-state index in [2.05, 4.69) is 9.97 Å². The van der Waals surface area contributed by atoms with Crippen LogP contribution in [0.2, 0.25) is 13.7 Å². The van der Waals surface area contributed by atoms with E-state index >= 15 is 0 Å². The summed E-state index contributed by atoms with van der Waals surface area (Å²) < 4.78 is 0.780. The molecule has 0 fully saturated rings. The highest BCUT2D eigenvalue weighted by atomic mass is 35.5. The third-order valence-electron chi connectivity index (χ3n) is 1.98. The zero-order valence-electron chi connectivity index (χ0n) is 8.45. The van der Waals surface area contributed by atoms with Gasteiger partial charge in [-0.3, -0.25) is 0 Å². The summed E-state index contributed by atoms with van der Waals surface area (Å²) >= 11 is 18.6. The molecule has 94 valence electrons. The molecule has 0 aliphatic carbocycles. The van der Waals surface area contributed by atoms with Gasteiger partial charge in [-0.25, -0.2) is 14.8 Å². The van der Waals surface area contributed by atoms with Crippen LogP contribution in [-0.4, -0.2) is 21.0 Å². The monoisotopic (exact) mass is 323 g/mol. The molecular weight excluding hydrogens is 321 g/mol. The van der Waals surface area contributed by atoms with Crippen LogP contribution in [-0.2, 0) is 0 Å². The molecule has 5 nitrogen and oxygen atoms in total. The lowest BCUT2D eigenvalue weighted by Gasteiger charge is -2.04. The highest BCUT2D eigenvalue weighted by molar-refractivity contribution is 7.20. The molecule has 0 atom stereocenters. The van der Waals surface area contributed by atoms with Crippen molar-refractivity contribution in [1.29, 1.82) is 0 Å². The molecule has 2 heterocycles. The standard InChI is InChI=1S/C9H4Cl3N3O2S/c10-3-1-2(6(12)18-3)8-14-5(9(16)17)4(11)7(13)15-8/h1H,(H,16,17)(H2,13,14,15). The van der Waals surface area contributed by atoms with Crippen molar-refractivity contribution in [3.8, 4) is 11.4 Å². The Morgan fingerprint density at radius 1 is 1.33 bits per heavy atom. The van der Waals surface area contributed by atoms with Crippen LogP contribution in [0.3, 0.4) is 0 Å². The Bertz CT molecular complexity index is 644. The predicted molar refractivity (Wildman–Crippen MR) is 71.7 cm³/mol. The summed E-state index contributed by atoms with van der Waals surface area (Å²) in [6.45, 7) is 0. The normalized spacial score (nSPS) is 10.6. The van der Waals surface area contributed by atoms with Crippen molar-refractivity contribution in [1.82, 2.24) is 9.97 Å².